The number of amides is 2. The zero-order valence-electron chi connectivity index (χ0n) is 21.0. The van der Waals surface area contributed by atoms with Crippen molar-refractivity contribution in [3.63, 3.8) is 0 Å². The molecule has 2 aromatic carbocycles. The molecule has 0 spiro atoms. The van der Waals surface area contributed by atoms with Crippen LogP contribution >= 0.6 is 23.2 Å². The van der Waals surface area contributed by atoms with Crippen molar-refractivity contribution in [1.29, 1.82) is 0 Å². The molecule has 2 aromatic rings. The summed E-state index contributed by atoms with van der Waals surface area (Å²) in [6.45, 7) is 4.40. The summed E-state index contributed by atoms with van der Waals surface area (Å²) in [5.74, 6) is -0.0933. The quantitative estimate of drug-likeness (QED) is 0.391. The van der Waals surface area contributed by atoms with Crippen LogP contribution in [0.2, 0.25) is 10.0 Å². The molecule has 36 heavy (non-hydrogen) atoms. The van der Waals surface area contributed by atoms with E-state index in [4.69, 9.17) is 27.9 Å². The minimum atomic E-state index is -3.64. The van der Waals surface area contributed by atoms with Gasteiger partial charge in [0.1, 0.15) is 11.8 Å². The van der Waals surface area contributed by atoms with Crippen LogP contribution in [0.4, 0.5) is 5.69 Å². The second-order valence-corrected chi connectivity index (χ2v) is 11.1. The molecular formula is C25H33Cl2N3O5S. The van der Waals surface area contributed by atoms with E-state index in [2.05, 4.69) is 5.32 Å². The maximum absolute atomic E-state index is 13.3. The Morgan fingerprint density at radius 2 is 1.86 bits per heavy atom. The molecule has 0 fully saturated rings. The Hall–Kier alpha value is -2.49. The molecule has 0 saturated carbocycles. The standard InChI is InChI=1S/C25H33Cl2N3O5S/c1-5-13-28-25(32)18(2)29(17-19-8-6-9-20(26)15-19)24(31)10-7-14-30(36(4,33)34)21-11-12-23(35-3)22(27)16-21/h6,8-9,11-12,15-16,18H,5,7,10,13-14,17H2,1-4H3,(H,28,32)/t18-/m1/s1. The Balaban J connectivity index is 2.18. The zero-order chi connectivity index (χ0) is 26.9. The minimum Gasteiger partial charge on any atom is -0.495 e. The maximum Gasteiger partial charge on any atom is 0.242 e. The van der Waals surface area contributed by atoms with Crippen molar-refractivity contribution in [2.24, 2.45) is 0 Å². The van der Waals surface area contributed by atoms with Gasteiger partial charge in [0, 0.05) is 31.1 Å². The third-order valence-corrected chi connectivity index (χ3v) is 7.26. The summed E-state index contributed by atoms with van der Waals surface area (Å²) < 4.78 is 31.3. The van der Waals surface area contributed by atoms with E-state index in [9.17, 15) is 18.0 Å². The van der Waals surface area contributed by atoms with Crippen molar-refractivity contribution < 1.29 is 22.7 Å². The molecule has 0 radical (unpaired) electrons. The molecule has 2 rings (SSSR count). The number of anilines is 1. The Morgan fingerprint density at radius 3 is 2.44 bits per heavy atom. The highest BCUT2D eigenvalue weighted by Crippen LogP contribution is 2.30. The van der Waals surface area contributed by atoms with Crippen LogP contribution < -0.4 is 14.4 Å². The second-order valence-electron chi connectivity index (χ2n) is 8.38. The van der Waals surface area contributed by atoms with Crippen molar-refractivity contribution in [3.8, 4) is 5.75 Å². The summed E-state index contributed by atoms with van der Waals surface area (Å²) >= 11 is 12.3. The number of methoxy groups -OCH3 is 1. The van der Waals surface area contributed by atoms with E-state index >= 15 is 0 Å². The average molecular weight is 559 g/mol. The van der Waals surface area contributed by atoms with E-state index in [1.165, 1.54) is 22.4 Å². The predicted octanol–water partition coefficient (Wildman–Crippen LogP) is 4.49. The molecule has 0 heterocycles. The number of ether oxygens (including phenoxy) is 1. The van der Waals surface area contributed by atoms with Crippen molar-refractivity contribution in [2.75, 3.05) is 30.8 Å². The molecule has 0 aliphatic heterocycles. The van der Waals surface area contributed by atoms with Gasteiger partial charge in [0.15, 0.2) is 0 Å². The van der Waals surface area contributed by atoms with Crippen molar-refractivity contribution in [3.05, 3.63) is 58.1 Å². The highest BCUT2D eigenvalue weighted by atomic mass is 35.5. The molecule has 0 aliphatic rings. The van der Waals surface area contributed by atoms with Crippen molar-refractivity contribution in [1.82, 2.24) is 10.2 Å². The number of sulfonamides is 1. The summed E-state index contributed by atoms with van der Waals surface area (Å²) in [4.78, 5) is 27.4. The van der Waals surface area contributed by atoms with E-state index in [1.807, 2.05) is 13.0 Å². The van der Waals surface area contributed by atoms with Gasteiger partial charge in [-0.1, -0.05) is 42.3 Å². The van der Waals surface area contributed by atoms with Crippen LogP contribution in [-0.2, 0) is 26.2 Å². The first-order valence-electron chi connectivity index (χ1n) is 11.6. The fourth-order valence-corrected chi connectivity index (χ4v) is 5.05. The lowest BCUT2D eigenvalue weighted by molar-refractivity contribution is -0.140. The summed E-state index contributed by atoms with van der Waals surface area (Å²) in [5, 5.41) is 3.64. The Labute approximate surface area is 223 Å². The van der Waals surface area contributed by atoms with Crippen LogP contribution in [0, 0.1) is 0 Å². The molecule has 0 saturated heterocycles. The summed E-state index contributed by atoms with van der Waals surface area (Å²) in [6.07, 6.45) is 2.16. The number of carbonyl (C=O) groups is 2. The van der Waals surface area contributed by atoms with Gasteiger partial charge in [-0.2, -0.15) is 0 Å². The van der Waals surface area contributed by atoms with Crippen LogP contribution in [0.5, 0.6) is 5.75 Å². The lowest BCUT2D eigenvalue weighted by Gasteiger charge is -2.29. The van der Waals surface area contributed by atoms with Gasteiger partial charge >= 0.3 is 0 Å². The minimum absolute atomic E-state index is 0.0435. The molecular weight excluding hydrogens is 525 g/mol. The number of nitrogens with one attached hydrogen (secondary N) is 1. The lowest BCUT2D eigenvalue weighted by Crippen LogP contribution is -2.47. The lowest BCUT2D eigenvalue weighted by atomic mass is 10.1. The normalized spacial score (nSPS) is 12.1. The number of hydrogen-bond donors (Lipinski definition) is 1. The highest BCUT2D eigenvalue weighted by molar-refractivity contribution is 7.92. The van der Waals surface area contributed by atoms with Gasteiger partial charge in [-0.3, -0.25) is 13.9 Å². The largest absolute Gasteiger partial charge is 0.495 e. The molecule has 8 nitrogen and oxygen atoms in total. The van der Waals surface area contributed by atoms with E-state index < -0.39 is 16.1 Å². The van der Waals surface area contributed by atoms with Crippen LogP contribution in [-0.4, -0.2) is 57.6 Å². The molecule has 198 valence electrons. The van der Waals surface area contributed by atoms with Gasteiger partial charge < -0.3 is 15.0 Å². The van der Waals surface area contributed by atoms with E-state index in [1.54, 1.807) is 37.3 Å². The van der Waals surface area contributed by atoms with E-state index in [-0.39, 0.29) is 42.8 Å². The van der Waals surface area contributed by atoms with Crippen LogP contribution in [0.15, 0.2) is 42.5 Å². The van der Waals surface area contributed by atoms with Gasteiger partial charge in [-0.25, -0.2) is 8.42 Å². The fraction of sp³-hybridized carbons (Fsp3) is 0.440. The van der Waals surface area contributed by atoms with E-state index in [0.29, 0.717) is 23.0 Å². The molecule has 0 aliphatic carbocycles. The molecule has 11 heteroatoms. The first kappa shape index (κ1) is 29.7. The number of benzene rings is 2. The third-order valence-electron chi connectivity index (χ3n) is 5.53. The number of halogens is 2. The van der Waals surface area contributed by atoms with Gasteiger partial charge in [0.2, 0.25) is 21.8 Å². The molecule has 0 aromatic heterocycles. The van der Waals surface area contributed by atoms with Gasteiger partial charge in [0.05, 0.1) is 24.1 Å². The average Bonchev–Trinajstić information content (AvgIpc) is 2.82. The second kappa shape index (κ2) is 13.7. The maximum atomic E-state index is 13.3. The summed E-state index contributed by atoms with van der Waals surface area (Å²) in [6, 6.07) is 11.1. The van der Waals surface area contributed by atoms with Crippen molar-refractivity contribution in [2.45, 2.75) is 45.7 Å². The van der Waals surface area contributed by atoms with Gasteiger partial charge in [-0.15, -0.1) is 0 Å². The van der Waals surface area contributed by atoms with E-state index in [0.717, 1.165) is 18.2 Å². The smallest absolute Gasteiger partial charge is 0.242 e. The predicted molar refractivity (Wildman–Crippen MR) is 144 cm³/mol. The van der Waals surface area contributed by atoms with Crippen molar-refractivity contribution >= 4 is 50.7 Å². The number of carbonyl (C=O) groups excluding carboxylic acids is 2. The van der Waals surface area contributed by atoms with Crippen LogP contribution in [0.1, 0.15) is 38.7 Å². The fourth-order valence-electron chi connectivity index (χ4n) is 3.62. The summed E-state index contributed by atoms with van der Waals surface area (Å²) in [5.41, 5.74) is 1.16. The third kappa shape index (κ3) is 8.57. The number of rotatable bonds is 13. The van der Waals surface area contributed by atoms with Crippen LogP contribution in [0.25, 0.3) is 0 Å². The Morgan fingerprint density at radius 1 is 1.14 bits per heavy atom. The molecule has 1 N–H and O–H groups in total. The highest BCUT2D eigenvalue weighted by Gasteiger charge is 2.26. The SMILES string of the molecule is CCCNC(=O)[C@@H](C)N(Cc1cccc(Cl)c1)C(=O)CCCN(c1ccc(OC)c(Cl)c1)S(C)(=O)=O. The zero-order valence-corrected chi connectivity index (χ0v) is 23.3. The molecule has 0 bridgehead atoms. The number of hydrogen-bond acceptors (Lipinski definition) is 5. The van der Waals surface area contributed by atoms with Gasteiger partial charge in [-0.05, 0) is 55.7 Å². The monoisotopic (exact) mass is 557 g/mol. The summed E-state index contributed by atoms with van der Waals surface area (Å²) in [7, 11) is -2.16. The van der Waals surface area contributed by atoms with Crippen LogP contribution in [0.3, 0.4) is 0 Å². The Kier molecular flexibility index (Phi) is 11.3. The Bertz CT molecular complexity index is 1160. The molecule has 1 atom stereocenters. The molecule has 2 amide bonds. The molecule has 0 unspecified atom stereocenters. The first-order chi connectivity index (χ1) is 17.0. The number of nitrogens with zero attached hydrogens (tertiary/aromatic N) is 2. The topological polar surface area (TPSA) is 96.0 Å². The van der Waals surface area contributed by atoms with Gasteiger partial charge in [0.25, 0.3) is 0 Å². The first-order valence-corrected chi connectivity index (χ1v) is 14.2.